The first kappa shape index (κ1) is 21.0. The number of carbonyl (C=O) groups is 2. The summed E-state index contributed by atoms with van der Waals surface area (Å²) in [6.07, 6.45) is 3.43. The van der Waals surface area contributed by atoms with Crippen molar-refractivity contribution in [3.8, 4) is 0 Å². The Bertz CT molecular complexity index is 961. The lowest BCUT2D eigenvalue weighted by Gasteiger charge is -2.38. The molecule has 2 unspecified atom stereocenters. The van der Waals surface area contributed by atoms with Gasteiger partial charge in [0.1, 0.15) is 6.04 Å². The molecule has 1 aromatic heterocycles. The van der Waals surface area contributed by atoms with Crippen molar-refractivity contribution in [2.45, 2.75) is 13.0 Å². The van der Waals surface area contributed by atoms with Gasteiger partial charge in [-0.05, 0) is 30.7 Å². The first-order valence-corrected chi connectivity index (χ1v) is 10.5. The van der Waals surface area contributed by atoms with Gasteiger partial charge in [-0.15, -0.1) is 0 Å². The molecule has 1 amide bonds. The molecule has 1 saturated heterocycles. The van der Waals surface area contributed by atoms with Crippen molar-refractivity contribution in [1.82, 2.24) is 20.2 Å². The van der Waals surface area contributed by atoms with Gasteiger partial charge in [-0.3, -0.25) is 14.9 Å². The number of piperazine rings is 1. The van der Waals surface area contributed by atoms with Crippen LogP contribution in [0.25, 0.3) is 0 Å². The number of guanidine groups is 1. The van der Waals surface area contributed by atoms with Crippen LogP contribution in [0.4, 0.5) is 5.95 Å². The van der Waals surface area contributed by atoms with E-state index in [2.05, 4.69) is 20.2 Å². The number of carbonyl (C=O) groups excluding carboxylic acids is 2. The molecule has 2 atom stereocenters. The molecule has 0 saturated carbocycles. The van der Waals surface area contributed by atoms with Gasteiger partial charge in [0.15, 0.2) is 5.92 Å². The number of aliphatic imine (C=N–C) groups is 1. The number of hydrogen-bond acceptors (Lipinski definition) is 8. The summed E-state index contributed by atoms with van der Waals surface area (Å²) in [6.45, 7) is 4.54. The largest absolute Gasteiger partial charge is 0.465 e. The van der Waals surface area contributed by atoms with Crippen LogP contribution in [0.15, 0.2) is 47.7 Å². The Hall–Kier alpha value is -3.20. The number of halogens is 1. The number of benzene rings is 1. The highest BCUT2D eigenvalue weighted by atomic mass is 35.5. The number of hydrogen-bond donors (Lipinski definition) is 1. The lowest BCUT2D eigenvalue weighted by atomic mass is 9.91. The van der Waals surface area contributed by atoms with Gasteiger partial charge in [0.05, 0.1) is 6.61 Å². The zero-order chi connectivity index (χ0) is 21.8. The van der Waals surface area contributed by atoms with Crippen molar-refractivity contribution >= 4 is 35.4 Å². The van der Waals surface area contributed by atoms with Crippen LogP contribution in [0.5, 0.6) is 0 Å². The van der Waals surface area contributed by atoms with Crippen molar-refractivity contribution < 1.29 is 14.3 Å². The van der Waals surface area contributed by atoms with Crippen LogP contribution in [0.2, 0.25) is 5.02 Å². The molecule has 9 nitrogen and oxygen atoms in total. The number of aromatic nitrogens is 2. The highest BCUT2D eigenvalue weighted by Crippen LogP contribution is 2.31. The Balaban J connectivity index is 1.56. The highest BCUT2D eigenvalue weighted by molar-refractivity contribution is 6.30. The summed E-state index contributed by atoms with van der Waals surface area (Å²) in [5.74, 6) is -0.924. The fourth-order valence-electron chi connectivity index (χ4n) is 3.70. The molecule has 4 rings (SSSR count). The summed E-state index contributed by atoms with van der Waals surface area (Å²) in [4.78, 5) is 42.9. The summed E-state index contributed by atoms with van der Waals surface area (Å²) >= 11 is 6.01. The van der Waals surface area contributed by atoms with E-state index in [1.54, 1.807) is 49.6 Å². The van der Waals surface area contributed by atoms with E-state index in [9.17, 15) is 9.59 Å². The maximum atomic E-state index is 12.9. The Morgan fingerprint density at radius 3 is 2.42 bits per heavy atom. The smallest absolute Gasteiger partial charge is 0.321 e. The number of nitrogens with one attached hydrogen (secondary N) is 1. The molecule has 10 heteroatoms. The molecule has 1 aromatic carbocycles. The highest BCUT2D eigenvalue weighted by Gasteiger charge is 2.42. The molecule has 0 aliphatic carbocycles. The molecule has 1 N–H and O–H groups in total. The maximum absolute atomic E-state index is 12.9. The number of ether oxygens (including phenoxy) is 1. The monoisotopic (exact) mass is 442 g/mol. The average molecular weight is 443 g/mol. The second kappa shape index (κ2) is 9.30. The van der Waals surface area contributed by atoms with Crippen molar-refractivity contribution in [2.75, 3.05) is 37.7 Å². The Labute approximate surface area is 185 Å². The van der Waals surface area contributed by atoms with Crippen molar-refractivity contribution in [3.63, 3.8) is 0 Å². The molecule has 162 valence electrons. The first-order chi connectivity index (χ1) is 15.1. The minimum Gasteiger partial charge on any atom is -0.465 e. The van der Waals surface area contributed by atoms with Gasteiger partial charge >= 0.3 is 5.97 Å². The van der Waals surface area contributed by atoms with E-state index in [0.29, 0.717) is 43.1 Å². The number of nitrogens with zero attached hydrogens (tertiary/aromatic N) is 5. The molecule has 31 heavy (non-hydrogen) atoms. The maximum Gasteiger partial charge on any atom is 0.321 e. The molecule has 1 fully saturated rings. The summed E-state index contributed by atoms with van der Waals surface area (Å²) in [6, 6.07) is 8.10. The minimum atomic E-state index is -1.05. The summed E-state index contributed by atoms with van der Waals surface area (Å²) in [5, 5.41) is 3.37. The van der Waals surface area contributed by atoms with Crippen molar-refractivity contribution in [1.29, 1.82) is 0 Å². The molecular weight excluding hydrogens is 420 g/mol. The number of esters is 1. The van der Waals surface area contributed by atoms with Crippen LogP contribution >= 0.6 is 11.6 Å². The first-order valence-electron chi connectivity index (χ1n) is 10.1. The molecule has 0 bridgehead atoms. The predicted octanol–water partition coefficient (Wildman–Crippen LogP) is 1.66. The fourth-order valence-corrected chi connectivity index (χ4v) is 3.82. The van der Waals surface area contributed by atoms with E-state index < -0.39 is 23.8 Å². The number of anilines is 1. The SMILES string of the molecule is CCOC(=O)C1C(=O)NC(N2CCN(c3ncccn3)CC2)=NC1c1ccc(Cl)cc1. The van der Waals surface area contributed by atoms with Gasteiger partial charge in [0.2, 0.25) is 17.8 Å². The van der Waals surface area contributed by atoms with Crippen LogP contribution < -0.4 is 10.2 Å². The number of rotatable bonds is 4. The molecule has 2 aliphatic rings. The van der Waals surface area contributed by atoms with Crippen LogP contribution in [0, 0.1) is 5.92 Å². The zero-order valence-corrected chi connectivity index (χ0v) is 17.8. The molecule has 0 spiro atoms. The van der Waals surface area contributed by atoms with E-state index in [4.69, 9.17) is 21.3 Å². The third kappa shape index (κ3) is 4.61. The van der Waals surface area contributed by atoms with Crippen LogP contribution in [0.1, 0.15) is 18.5 Å². The topological polar surface area (TPSA) is 100 Å². The van der Waals surface area contributed by atoms with Gasteiger partial charge in [-0.1, -0.05) is 23.7 Å². The minimum absolute atomic E-state index is 0.191. The molecular formula is C21H23ClN6O3. The summed E-state index contributed by atoms with van der Waals surface area (Å²) in [5.41, 5.74) is 0.728. The Morgan fingerprint density at radius 2 is 1.77 bits per heavy atom. The number of amides is 1. The van der Waals surface area contributed by atoms with Gasteiger partial charge < -0.3 is 14.5 Å². The third-order valence-electron chi connectivity index (χ3n) is 5.26. The molecule has 2 aromatic rings. The van der Waals surface area contributed by atoms with E-state index in [0.717, 1.165) is 5.56 Å². The van der Waals surface area contributed by atoms with Crippen LogP contribution in [-0.2, 0) is 14.3 Å². The summed E-state index contributed by atoms with van der Waals surface area (Å²) in [7, 11) is 0. The third-order valence-corrected chi connectivity index (χ3v) is 5.51. The Kier molecular flexibility index (Phi) is 6.31. The van der Waals surface area contributed by atoms with Crippen molar-refractivity contribution in [3.05, 3.63) is 53.3 Å². The second-order valence-electron chi connectivity index (χ2n) is 7.19. The zero-order valence-electron chi connectivity index (χ0n) is 17.1. The van der Waals surface area contributed by atoms with E-state index in [-0.39, 0.29) is 6.61 Å². The van der Waals surface area contributed by atoms with Gasteiger partial charge in [-0.25, -0.2) is 15.0 Å². The van der Waals surface area contributed by atoms with E-state index in [1.165, 1.54) is 0 Å². The summed E-state index contributed by atoms with van der Waals surface area (Å²) < 4.78 is 5.14. The van der Waals surface area contributed by atoms with E-state index >= 15 is 0 Å². The molecule has 2 aliphatic heterocycles. The standard InChI is InChI=1S/C21H23ClN6O3/c1-2-31-19(30)16-17(14-4-6-15(22)7-5-14)25-21(26-18(16)29)28-12-10-27(11-13-28)20-23-8-3-9-24-20/h3-9,16-17H,2,10-13H2,1H3,(H,25,26,29). The van der Waals surface area contributed by atoms with E-state index in [1.807, 2.05) is 4.90 Å². The van der Waals surface area contributed by atoms with Gasteiger partial charge in [-0.2, -0.15) is 0 Å². The fraction of sp³-hybridized carbons (Fsp3) is 0.381. The Morgan fingerprint density at radius 1 is 1.13 bits per heavy atom. The van der Waals surface area contributed by atoms with Gasteiger partial charge in [0.25, 0.3) is 0 Å². The quantitative estimate of drug-likeness (QED) is 0.567. The predicted molar refractivity (Wildman–Crippen MR) is 116 cm³/mol. The lowest BCUT2D eigenvalue weighted by Crippen LogP contribution is -2.57. The van der Waals surface area contributed by atoms with Crippen LogP contribution in [-0.4, -0.2) is 65.5 Å². The van der Waals surface area contributed by atoms with Crippen LogP contribution in [0.3, 0.4) is 0 Å². The average Bonchev–Trinajstić information content (AvgIpc) is 2.80. The lowest BCUT2D eigenvalue weighted by molar-refractivity contribution is -0.153. The molecule has 3 heterocycles. The molecule has 0 radical (unpaired) electrons. The van der Waals surface area contributed by atoms with Crippen molar-refractivity contribution in [2.24, 2.45) is 10.9 Å². The van der Waals surface area contributed by atoms with Gasteiger partial charge in [0, 0.05) is 43.6 Å². The second-order valence-corrected chi connectivity index (χ2v) is 7.63. The normalized spacial score (nSPS) is 21.4.